The molecule has 0 amide bonds. The predicted octanol–water partition coefficient (Wildman–Crippen LogP) is 4.31. The number of hydrogen-bond acceptors (Lipinski definition) is 3. The molecule has 0 aliphatic rings. The fourth-order valence-electron chi connectivity index (χ4n) is 2.43. The van der Waals surface area contributed by atoms with Crippen molar-refractivity contribution in [2.24, 2.45) is 0 Å². The van der Waals surface area contributed by atoms with E-state index < -0.39 is 0 Å². The fourth-order valence-corrected chi connectivity index (χ4v) is 2.43. The second-order valence-corrected chi connectivity index (χ2v) is 5.48. The lowest BCUT2D eigenvalue weighted by Gasteiger charge is -2.02. The molecular formula is C18H24N2O2. The zero-order valence-electron chi connectivity index (χ0n) is 13.4. The highest BCUT2D eigenvalue weighted by Gasteiger charge is 2.06. The number of aryl methyl sites for hydroxylation is 1. The van der Waals surface area contributed by atoms with Crippen LogP contribution in [0.2, 0.25) is 0 Å². The van der Waals surface area contributed by atoms with Gasteiger partial charge in [0, 0.05) is 18.3 Å². The van der Waals surface area contributed by atoms with E-state index in [4.69, 9.17) is 4.74 Å². The Morgan fingerprint density at radius 3 is 2.50 bits per heavy atom. The molecule has 1 aromatic carbocycles. The zero-order chi connectivity index (χ0) is 15.8. The molecule has 118 valence electrons. The molecule has 0 bridgehead atoms. The van der Waals surface area contributed by atoms with Crippen molar-refractivity contribution in [3.63, 3.8) is 0 Å². The number of hydrogen-bond donors (Lipinski definition) is 0. The van der Waals surface area contributed by atoms with Gasteiger partial charge >= 0.3 is 5.97 Å². The first kappa shape index (κ1) is 16.3. The van der Waals surface area contributed by atoms with Crippen molar-refractivity contribution in [2.75, 3.05) is 7.11 Å². The van der Waals surface area contributed by atoms with Crippen LogP contribution in [0.25, 0.3) is 11.1 Å². The van der Waals surface area contributed by atoms with Gasteiger partial charge < -0.3 is 4.74 Å². The summed E-state index contributed by atoms with van der Waals surface area (Å²) in [6.45, 7) is 3.19. The minimum absolute atomic E-state index is 0.311. The van der Waals surface area contributed by atoms with Crippen LogP contribution in [0.15, 0.2) is 36.7 Å². The minimum atomic E-state index is -0.311. The molecule has 0 N–H and O–H groups in total. The highest BCUT2D eigenvalue weighted by atomic mass is 16.5. The Bertz CT molecular complexity index is 587. The van der Waals surface area contributed by atoms with Gasteiger partial charge in [-0.25, -0.2) is 4.79 Å². The Labute approximate surface area is 132 Å². The molecule has 4 heteroatoms. The number of benzene rings is 1. The molecule has 2 aromatic rings. The van der Waals surface area contributed by atoms with Crippen molar-refractivity contribution in [2.45, 2.75) is 45.6 Å². The number of aromatic nitrogens is 2. The number of unbranched alkanes of at least 4 members (excludes halogenated alkanes) is 4. The monoisotopic (exact) mass is 300 g/mol. The quantitative estimate of drug-likeness (QED) is 0.539. The van der Waals surface area contributed by atoms with Crippen LogP contribution >= 0.6 is 0 Å². The molecule has 0 saturated heterocycles. The van der Waals surface area contributed by atoms with Crippen LogP contribution in [-0.4, -0.2) is 22.9 Å². The smallest absolute Gasteiger partial charge is 0.337 e. The van der Waals surface area contributed by atoms with Crippen LogP contribution in [-0.2, 0) is 11.3 Å². The van der Waals surface area contributed by atoms with E-state index in [1.165, 1.54) is 39.2 Å². The average Bonchev–Trinajstić information content (AvgIpc) is 3.03. The van der Waals surface area contributed by atoms with Crippen LogP contribution in [0, 0.1) is 0 Å². The molecule has 0 radical (unpaired) electrons. The normalized spacial score (nSPS) is 10.6. The topological polar surface area (TPSA) is 44.1 Å². The van der Waals surface area contributed by atoms with Crippen LogP contribution in [0.3, 0.4) is 0 Å². The van der Waals surface area contributed by atoms with Crippen molar-refractivity contribution >= 4 is 5.97 Å². The summed E-state index contributed by atoms with van der Waals surface area (Å²) in [6, 6.07) is 7.41. The summed E-state index contributed by atoms with van der Waals surface area (Å²) < 4.78 is 6.70. The van der Waals surface area contributed by atoms with E-state index in [1.54, 1.807) is 12.1 Å². The first-order chi connectivity index (χ1) is 10.7. The Morgan fingerprint density at radius 2 is 1.82 bits per heavy atom. The molecule has 0 saturated carbocycles. The molecule has 2 rings (SSSR count). The summed E-state index contributed by atoms with van der Waals surface area (Å²) in [5.41, 5.74) is 2.70. The standard InChI is InChI=1S/C18H24N2O2/c1-3-4-5-6-7-12-20-14-17(13-19-20)15-8-10-16(11-9-15)18(21)22-2/h8-11,13-14H,3-7,12H2,1-2H3. The number of carbonyl (C=O) groups is 1. The van der Waals surface area contributed by atoms with Crippen molar-refractivity contribution in [1.82, 2.24) is 9.78 Å². The molecule has 1 aromatic heterocycles. The van der Waals surface area contributed by atoms with Gasteiger partial charge in [-0.3, -0.25) is 4.68 Å². The Kier molecular flexibility index (Phi) is 6.19. The molecule has 1 heterocycles. The van der Waals surface area contributed by atoms with Crippen molar-refractivity contribution in [3.05, 3.63) is 42.2 Å². The summed E-state index contributed by atoms with van der Waals surface area (Å²) in [7, 11) is 1.39. The third-order valence-corrected chi connectivity index (χ3v) is 3.76. The first-order valence-corrected chi connectivity index (χ1v) is 7.95. The fraction of sp³-hybridized carbons (Fsp3) is 0.444. The van der Waals surface area contributed by atoms with Crippen molar-refractivity contribution in [3.8, 4) is 11.1 Å². The highest BCUT2D eigenvalue weighted by Crippen LogP contribution is 2.19. The molecule has 0 unspecified atom stereocenters. The van der Waals surface area contributed by atoms with Gasteiger partial charge in [0.2, 0.25) is 0 Å². The van der Waals surface area contributed by atoms with Gasteiger partial charge in [-0.05, 0) is 24.1 Å². The maximum atomic E-state index is 11.4. The minimum Gasteiger partial charge on any atom is -0.465 e. The Morgan fingerprint density at radius 1 is 1.09 bits per heavy atom. The van der Waals surface area contributed by atoms with Crippen LogP contribution in [0.4, 0.5) is 0 Å². The van der Waals surface area contributed by atoms with Gasteiger partial charge in [0.1, 0.15) is 0 Å². The number of esters is 1. The first-order valence-electron chi connectivity index (χ1n) is 7.95. The maximum Gasteiger partial charge on any atom is 0.337 e. The summed E-state index contributed by atoms with van der Waals surface area (Å²) >= 11 is 0. The maximum absolute atomic E-state index is 11.4. The Hall–Kier alpha value is -2.10. The van der Waals surface area contributed by atoms with Gasteiger partial charge in [-0.2, -0.15) is 5.10 Å². The van der Waals surface area contributed by atoms with E-state index in [9.17, 15) is 4.79 Å². The molecule has 0 aliphatic carbocycles. The van der Waals surface area contributed by atoms with E-state index in [-0.39, 0.29) is 5.97 Å². The number of methoxy groups -OCH3 is 1. The van der Waals surface area contributed by atoms with E-state index in [0.717, 1.165) is 17.7 Å². The third-order valence-electron chi connectivity index (χ3n) is 3.76. The van der Waals surface area contributed by atoms with E-state index in [2.05, 4.69) is 18.2 Å². The van der Waals surface area contributed by atoms with Crippen molar-refractivity contribution < 1.29 is 9.53 Å². The Balaban J connectivity index is 1.92. The lowest BCUT2D eigenvalue weighted by Crippen LogP contribution is -2.00. The lowest BCUT2D eigenvalue weighted by molar-refractivity contribution is 0.0601. The van der Waals surface area contributed by atoms with Gasteiger partial charge in [-0.1, -0.05) is 44.7 Å². The van der Waals surface area contributed by atoms with Gasteiger partial charge in [0.05, 0.1) is 18.9 Å². The summed E-state index contributed by atoms with van der Waals surface area (Å²) in [4.78, 5) is 11.4. The largest absolute Gasteiger partial charge is 0.465 e. The number of rotatable bonds is 8. The predicted molar refractivity (Wildman–Crippen MR) is 87.8 cm³/mol. The molecule has 0 atom stereocenters. The van der Waals surface area contributed by atoms with E-state index in [1.807, 2.05) is 23.0 Å². The highest BCUT2D eigenvalue weighted by molar-refractivity contribution is 5.89. The van der Waals surface area contributed by atoms with E-state index >= 15 is 0 Å². The summed E-state index contributed by atoms with van der Waals surface area (Å²) in [6.07, 6.45) is 10.3. The number of nitrogens with zero attached hydrogens (tertiary/aromatic N) is 2. The molecule has 22 heavy (non-hydrogen) atoms. The van der Waals surface area contributed by atoms with Crippen LogP contribution in [0.1, 0.15) is 49.4 Å². The molecular weight excluding hydrogens is 276 g/mol. The number of carbonyl (C=O) groups excluding carboxylic acids is 1. The third kappa shape index (κ3) is 4.45. The van der Waals surface area contributed by atoms with Gasteiger partial charge in [-0.15, -0.1) is 0 Å². The van der Waals surface area contributed by atoms with E-state index in [0.29, 0.717) is 5.56 Å². The lowest BCUT2D eigenvalue weighted by atomic mass is 10.1. The summed E-state index contributed by atoms with van der Waals surface area (Å²) in [5, 5.41) is 4.41. The second kappa shape index (κ2) is 8.37. The van der Waals surface area contributed by atoms with Crippen LogP contribution < -0.4 is 0 Å². The zero-order valence-corrected chi connectivity index (χ0v) is 13.4. The average molecular weight is 300 g/mol. The molecule has 0 spiro atoms. The van der Waals surface area contributed by atoms with Crippen LogP contribution in [0.5, 0.6) is 0 Å². The molecule has 4 nitrogen and oxygen atoms in total. The van der Waals surface area contributed by atoms with Gasteiger partial charge in [0.15, 0.2) is 0 Å². The summed E-state index contributed by atoms with van der Waals surface area (Å²) in [5.74, 6) is -0.311. The number of ether oxygens (including phenoxy) is 1. The SMILES string of the molecule is CCCCCCCn1cc(-c2ccc(C(=O)OC)cc2)cn1. The van der Waals surface area contributed by atoms with Crippen molar-refractivity contribution in [1.29, 1.82) is 0 Å². The molecule has 0 aliphatic heterocycles. The second-order valence-electron chi connectivity index (χ2n) is 5.48. The molecule has 0 fully saturated rings. The van der Waals surface area contributed by atoms with Gasteiger partial charge in [0.25, 0.3) is 0 Å².